The number of aromatic nitrogens is 2. The van der Waals surface area contributed by atoms with E-state index in [0.29, 0.717) is 25.4 Å². The molecule has 0 N–H and O–H groups in total. The summed E-state index contributed by atoms with van der Waals surface area (Å²) >= 11 is 0. The molecule has 0 aromatic carbocycles. The largest absolute Gasteiger partial charge is 0.412 e. The SMILES string of the molecule is CCCC(=O)N1CCC(c2nnc(S(C)(=O)=O)o2)CC1. The molecule has 0 saturated carbocycles. The Labute approximate surface area is 118 Å². The van der Waals surface area contributed by atoms with Gasteiger partial charge in [-0.2, -0.15) is 0 Å². The summed E-state index contributed by atoms with van der Waals surface area (Å²) in [4.78, 5) is 13.6. The Kier molecular flexibility index (Phi) is 4.42. The maximum atomic E-state index is 11.8. The minimum Gasteiger partial charge on any atom is -0.412 e. The van der Waals surface area contributed by atoms with Crippen molar-refractivity contribution in [1.29, 1.82) is 0 Å². The lowest BCUT2D eigenvalue weighted by atomic mass is 9.96. The molecule has 20 heavy (non-hydrogen) atoms. The number of rotatable bonds is 4. The molecule has 7 nitrogen and oxygen atoms in total. The van der Waals surface area contributed by atoms with Gasteiger partial charge in [0.15, 0.2) is 0 Å². The molecule has 112 valence electrons. The van der Waals surface area contributed by atoms with E-state index < -0.39 is 9.84 Å². The van der Waals surface area contributed by atoms with Crippen molar-refractivity contribution in [3.05, 3.63) is 5.89 Å². The Hall–Kier alpha value is -1.44. The van der Waals surface area contributed by atoms with Crippen LogP contribution >= 0.6 is 0 Å². The topological polar surface area (TPSA) is 93.4 Å². The fourth-order valence-corrected chi connectivity index (χ4v) is 2.71. The Morgan fingerprint density at radius 3 is 2.50 bits per heavy atom. The summed E-state index contributed by atoms with van der Waals surface area (Å²) in [6.07, 6.45) is 3.90. The van der Waals surface area contributed by atoms with Gasteiger partial charge in [-0.1, -0.05) is 12.0 Å². The average molecular weight is 301 g/mol. The van der Waals surface area contributed by atoms with E-state index in [4.69, 9.17) is 4.42 Å². The van der Waals surface area contributed by atoms with Crippen molar-refractivity contribution in [3.8, 4) is 0 Å². The van der Waals surface area contributed by atoms with Gasteiger partial charge in [-0.05, 0) is 19.3 Å². The van der Waals surface area contributed by atoms with Crippen molar-refractivity contribution in [2.45, 2.75) is 43.7 Å². The zero-order chi connectivity index (χ0) is 14.8. The Bertz CT molecular complexity index is 573. The number of nitrogens with zero attached hydrogens (tertiary/aromatic N) is 3. The van der Waals surface area contributed by atoms with Crippen LogP contribution in [0.4, 0.5) is 0 Å². The van der Waals surface area contributed by atoms with Gasteiger partial charge in [0.2, 0.25) is 21.6 Å². The van der Waals surface area contributed by atoms with Gasteiger partial charge in [0.1, 0.15) is 0 Å². The van der Waals surface area contributed by atoms with E-state index in [1.54, 1.807) is 0 Å². The lowest BCUT2D eigenvalue weighted by molar-refractivity contribution is -0.132. The van der Waals surface area contributed by atoms with Gasteiger partial charge >= 0.3 is 5.22 Å². The molecule has 1 fully saturated rings. The Balaban J connectivity index is 1.97. The number of piperidine rings is 1. The van der Waals surface area contributed by atoms with Crippen molar-refractivity contribution in [2.24, 2.45) is 0 Å². The molecular weight excluding hydrogens is 282 g/mol. The molecule has 0 atom stereocenters. The molecule has 1 aliphatic rings. The van der Waals surface area contributed by atoms with Crippen LogP contribution in [0.1, 0.15) is 44.4 Å². The number of carbonyl (C=O) groups is 1. The first-order valence-electron chi connectivity index (χ1n) is 6.73. The molecule has 0 radical (unpaired) electrons. The molecule has 1 aromatic rings. The predicted molar refractivity (Wildman–Crippen MR) is 70.9 cm³/mol. The van der Waals surface area contributed by atoms with Crippen LogP contribution in [0, 0.1) is 0 Å². The van der Waals surface area contributed by atoms with Crippen LogP contribution in [-0.4, -0.2) is 48.8 Å². The second-order valence-corrected chi connectivity index (χ2v) is 6.98. The van der Waals surface area contributed by atoms with Gasteiger partial charge < -0.3 is 9.32 Å². The molecule has 8 heteroatoms. The highest BCUT2D eigenvalue weighted by atomic mass is 32.2. The molecule has 0 aliphatic carbocycles. The molecule has 1 aromatic heterocycles. The summed E-state index contributed by atoms with van der Waals surface area (Å²) in [7, 11) is -3.46. The lowest BCUT2D eigenvalue weighted by Crippen LogP contribution is -2.37. The molecule has 1 aliphatic heterocycles. The quantitative estimate of drug-likeness (QED) is 0.823. The molecule has 1 saturated heterocycles. The summed E-state index contributed by atoms with van der Waals surface area (Å²) in [6, 6.07) is 0. The monoisotopic (exact) mass is 301 g/mol. The van der Waals surface area contributed by atoms with Gasteiger partial charge in [-0.15, -0.1) is 5.10 Å². The maximum absolute atomic E-state index is 11.8. The summed E-state index contributed by atoms with van der Waals surface area (Å²) in [5, 5.41) is 7.04. The van der Waals surface area contributed by atoms with E-state index in [1.807, 2.05) is 11.8 Å². The number of hydrogen-bond acceptors (Lipinski definition) is 6. The Morgan fingerprint density at radius 2 is 2.00 bits per heavy atom. The molecule has 2 heterocycles. The summed E-state index contributed by atoms with van der Waals surface area (Å²) in [6.45, 7) is 3.29. The second-order valence-electron chi connectivity index (χ2n) is 5.08. The first-order valence-corrected chi connectivity index (χ1v) is 8.62. The standard InChI is InChI=1S/C12H19N3O4S/c1-3-4-10(16)15-7-5-9(6-8-15)11-13-14-12(19-11)20(2,17)18/h9H,3-8H2,1-2H3. The van der Waals surface area contributed by atoms with Gasteiger partial charge in [0, 0.05) is 31.7 Å². The molecule has 2 rings (SSSR count). The fourth-order valence-electron chi connectivity index (χ4n) is 2.28. The number of sulfone groups is 1. The van der Waals surface area contributed by atoms with Gasteiger partial charge in [-0.3, -0.25) is 4.79 Å². The maximum Gasteiger partial charge on any atom is 0.335 e. The second kappa shape index (κ2) is 5.90. The molecular formula is C12H19N3O4S. The van der Waals surface area contributed by atoms with Crippen LogP contribution in [0.2, 0.25) is 0 Å². The highest BCUT2D eigenvalue weighted by Crippen LogP contribution is 2.28. The fraction of sp³-hybridized carbons (Fsp3) is 0.750. The minimum atomic E-state index is -3.46. The number of hydrogen-bond donors (Lipinski definition) is 0. The lowest BCUT2D eigenvalue weighted by Gasteiger charge is -2.30. The predicted octanol–water partition coefficient (Wildman–Crippen LogP) is 0.979. The van der Waals surface area contributed by atoms with Crippen LogP contribution < -0.4 is 0 Å². The zero-order valence-electron chi connectivity index (χ0n) is 11.7. The van der Waals surface area contributed by atoms with Crippen LogP contribution in [0.5, 0.6) is 0 Å². The third kappa shape index (κ3) is 3.36. The molecule has 1 amide bonds. The summed E-state index contributed by atoms with van der Waals surface area (Å²) in [5.41, 5.74) is 0. The third-order valence-electron chi connectivity index (χ3n) is 3.40. The summed E-state index contributed by atoms with van der Waals surface area (Å²) < 4.78 is 27.8. The number of carbonyl (C=O) groups excluding carboxylic acids is 1. The molecule has 0 bridgehead atoms. The normalized spacial score (nSPS) is 17.4. The molecule has 0 unspecified atom stereocenters. The summed E-state index contributed by atoms with van der Waals surface area (Å²) in [5.74, 6) is 0.560. The van der Waals surface area contributed by atoms with Crippen LogP contribution in [0.25, 0.3) is 0 Å². The number of likely N-dealkylation sites (tertiary alicyclic amines) is 1. The van der Waals surface area contributed by atoms with E-state index >= 15 is 0 Å². The smallest absolute Gasteiger partial charge is 0.335 e. The van der Waals surface area contributed by atoms with Crippen LogP contribution in [-0.2, 0) is 14.6 Å². The van der Waals surface area contributed by atoms with Crippen LogP contribution in [0.3, 0.4) is 0 Å². The van der Waals surface area contributed by atoms with Gasteiger partial charge in [0.25, 0.3) is 0 Å². The number of amides is 1. The highest BCUT2D eigenvalue weighted by molar-refractivity contribution is 7.90. The minimum absolute atomic E-state index is 0.0312. The van der Waals surface area contributed by atoms with Crippen molar-refractivity contribution >= 4 is 15.7 Å². The van der Waals surface area contributed by atoms with Gasteiger partial charge in [-0.25, -0.2) is 8.42 Å². The van der Waals surface area contributed by atoms with Crippen LogP contribution in [0.15, 0.2) is 9.64 Å². The van der Waals surface area contributed by atoms with Gasteiger partial charge in [0.05, 0.1) is 0 Å². The van der Waals surface area contributed by atoms with Crippen molar-refractivity contribution in [1.82, 2.24) is 15.1 Å². The first kappa shape index (κ1) is 15.0. The van der Waals surface area contributed by atoms with E-state index in [2.05, 4.69) is 10.2 Å². The van der Waals surface area contributed by atoms with Crippen molar-refractivity contribution < 1.29 is 17.6 Å². The first-order chi connectivity index (χ1) is 9.41. The van der Waals surface area contributed by atoms with E-state index in [1.165, 1.54) is 0 Å². The third-order valence-corrected chi connectivity index (χ3v) is 4.20. The average Bonchev–Trinajstić information content (AvgIpc) is 2.89. The van der Waals surface area contributed by atoms with E-state index in [9.17, 15) is 13.2 Å². The zero-order valence-corrected chi connectivity index (χ0v) is 12.5. The van der Waals surface area contributed by atoms with E-state index in [0.717, 1.165) is 25.5 Å². The van der Waals surface area contributed by atoms with Crippen molar-refractivity contribution in [3.63, 3.8) is 0 Å². The molecule has 0 spiro atoms. The Morgan fingerprint density at radius 1 is 1.35 bits per heavy atom. The highest BCUT2D eigenvalue weighted by Gasteiger charge is 2.28. The van der Waals surface area contributed by atoms with Crippen molar-refractivity contribution in [2.75, 3.05) is 19.3 Å². The van der Waals surface area contributed by atoms with E-state index in [-0.39, 0.29) is 17.0 Å².